The Hall–Kier alpha value is -0.720. The fourth-order valence-electron chi connectivity index (χ4n) is 0.555. The average Bonchev–Trinajstić information content (AvgIpc) is 1.98. The maximum Gasteiger partial charge on any atom is 0.246 e. The van der Waals surface area contributed by atoms with Crippen LogP contribution in [0, 0.1) is 0 Å². The molecule has 0 aliphatic carbocycles. The molecule has 0 bridgehead atoms. The second-order valence-corrected chi connectivity index (χ2v) is 3.20. The van der Waals surface area contributed by atoms with Crippen molar-refractivity contribution in [3.8, 4) is 0 Å². The van der Waals surface area contributed by atoms with E-state index in [2.05, 4.69) is 16.1 Å². The maximum absolute atomic E-state index is 10.9. The van der Waals surface area contributed by atoms with Gasteiger partial charge in [0.15, 0.2) is 0 Å². The van der Waals surface area contributed by atoms with Crippen LogP contribution in [0.1, 0.15) is 13.8 Å². The predicted molar refractivity (Wildman–Crippen MR) is 47.3 cm³/mol. The summed E-state index contributed by atoms with van der Waals surface area (Å²) in [6, 6.07) is 0. The van der Waals surface area contributed by atoms with Gasteiger partial charge in [-0.2, -0.15) is 0 Å². The van der Waals surface area contributed by atoms with Crippen molar-refractivity contribution in [3.05, 3.63) is 12.2 Å². The lowest BCUT2D eigenvalue weighted by Gasteiger charge is -2.14. The molecule has 2 unspecified atom stereocenters. The molecule has 0 heterocycles. The van der Waals surface area contributed by atoms with Gasteiger partial charge in [0.1, 0.15) is 0 Å². The quantitative estimate of drug-likeness (QED) is 0.502. The van der Waals surface area contributed by atoms with Gasteiger partial charge in [0, 0.05) is 12.1 Å². The highest BCUT2D eigenvalue weighted by atomic mass is 32.2. The first-order valence-corrected chi connectivity index (χ1v) is 4.63. The molecule has 1 N–H and O–H groups in total. The van der Waals surface area contributed by atoms with Gasteiger partial charge in [-0.15, -0.1) is 0 Å². The Morgan fingerprint density at radius 3 is 2.69 bits per heavy atom. The first-order valence-electron chi connectivity index (χ1n) is 3.63. The summed E-state index contributed by atoms with van der Waals surface area (Å²) < 4.78 is 24.4. The molecule has 5 nitrogen and oxygen atoms in total. The fraction of sp³-hybridized carbons (Fsp3) is 0.571. The topological polar surface area (TPSA) is 78.5 Å². The van der Waals surface area contributed by atoms with E-state index in [-0.39, 0.29) is 12.5 Å². The maximum atomic E-state index is 10.9. The summed E-state index contributed by atoms with van der Waals surface area (Å²) in [6.45, 7) is 6.66. The summed E-state index contributed by atoms with van der Waals surface area (Å²) in [7, 11) is 0. The van der Waals surface area contributed by atoms with Crippen LogP contribution in [0.2, 0.25) is 0 Å². The summed E-state index contributed by atoms with van der Waals surface area (Å²) in [5, 5.41) is 2.45. The lowest BCUT2D eigenvalue weighted by Crippen LogP contribution is -2.32. The van der Waals surface area contributed by atoms with E-state index in [1.165, 1.54) is 6.92 Å². The number of nitrogens with one attached hydrogen (secondary N) is 1. The van der Waals surface area contributed by atoms with E-state index in [9.17, 15) is 13.6 Å². The van der Waals surface area contributed by atoms with Crippen LogP contribution in [0.5, 0.6) is 0 Å². The first kappa shape index (κ1) is 12.3. The van der Waals surface area contributed by atoms with Crippen molar-refractivity contribution >= 4 is 17.3 Å². The standard InChI is InChI=1S/C7H13NO4S/c1-5(2)7(9)8-4-6(3)12-13(10)11/h6H,1,4H2,2-3H3,(H,8,9)(H,10,11)/p-1. The number of rotatable bonds is 5. The molecule has 0 spiro atoms. The minimum Gasteiger partial charge on any atom is -0.750 e. The monoisotopic (exact) mass is 206 g/mol. The second kappa shape index (κ2) is 5.85. The van der Waals surface area contributed by atoms with Gasteiger partial charge < -0.3 is 9.87 Å². The molecule has 0 fully saturated rings. The summed E-state index contributed by atoms with van der Waals surface area (Å²) in [4.78, 5) is 10.9. The summed E-state index contributed by atoms with van der Waals surface area (Å²) in [5.41, 5.74) is 0.371. The average molecular weight is 206 g/mol. The third-order valence-corrected chi connectivity index (χ3v) is 1.67. The Balaban J connectivity index is 3.70. The molecule has 76 valence electrons. The highest BCUT2D eigenvalue weighted by molar-refractivity contribution is 7.74. The Morgan fingerprint density at radius 1 is 1.77 bits per heavy atom. The van der Waals surface area contributed by atoms with Crippen LogP contribution in [-0.2, 0) is 20.3 Å². The number of hydrogen-bond acceptors (Lipinski definition) is 4. The van der Waals surface area contributed by atoms with Crippen LogP contribution in [0.15, 0.2) is 12.2 Å². The lowest BCUT2D eigenvalue weighted by molar-refractivity contribution is -0.117. The highest BCUT2D eigenvalue weighted by Crippen LogP contribution is 1.92. The van der Waals surface area contributed by atoms with Crippen LogP contribution < -0.4 is 5.32 Å². The van der Waals surface area contributed by atoms with Gasteiger partial charge in [-0.25, -0.2) is 4.21 Å². The number of carbonyl (C=O) groups excluding carboxylic acids is 1. The second-order valence-electron chi connectivity index (χ2n) is 2.60. The van der Waals surface area contributed by atoms with Crippen LogP contribution in [-0.4, -0.2) is 27.3 Å². The van der Waals surface area contributed by atoms with Gasteiger partial charge in [0.25, 0.3) is 0 Å². The Bertz CT molecular complexity index is 229. The SMILES string of the molecule is C=C(C)C(=O)NCC(C)OS(=O)[O-]. The smallest absolute Gasteiger partial charge is 0.246 e. The van der Waals surface area contributed by atoms with Gasteiger partial charge in [0.2, 0.25) is 5.91 Å². The van der Waals surface area contributed by atoms with Gasteiger partial charge in [-0.3, -0.25) is 8.98 Å². The minimum atomic E-state index is -2.54. The normalized spacial score (nSPS) is 14.7. The molecule has 0 saturated heterocycles. The van der Waals surface area contributed by atoms with Crippen LogP contribution in [0.25, 0.3) is 0 Å². The molecular weight excluding hydrogens is 194 g/mol. The lowest BCUT2D eigenvalue weighted by atomic mass is 10.3. The Kier molecular flexibility index (Phi) is 5.52. The molecule has 0 aromatic carbocycles. The van der Waals surface area contributed by atoms with Crippen molar-refractivity contribution in [1.29, 1.82) is 0 Å². The van der Waals surface area contributed by atoms with Crippen LogP contribution in [0.3, 0.4) is 0 Å². The molecule has 0 rings (SSSR count). The third kappa shape index (κ3) is 6.44. The van der Waals surface area contributed by atoms with E-state index < -0.39 is 17.5 Å². The highest BCUT2D eigenvalue weighted by Gasteiger charge is 2.05. The van der Waals surface area contributed by atoms with Gasteiger partial charge in [0.05, 0.1) is 17.5 Å². The van der Waals surface area contributed by atoms with E-state index in [0.29, 0.717) is 5.57 Å². The van der Waals surface area contributed by atoms with Crippen molar-refractivity contribution in [2.45, 2.75) is 20.0 Å². The number of amides is 1. The van der Waals surface area contributed by atoms with Gasteiger partial charge >= 0.3 is 0 Å². The zero-order chi connectivity index (χ0) is 10.4. The first-order chi connectivity index (χ1) is 5.93. The zero-order valence-electron chi connectivity index (χ0n) is 7.53. The molecule has 0 radical (unpaired) electrons. The minimum absolute atomic E-state index is 0.139. The number of hydrogen-bond donors (Lipinski definition) is 1. The Morgan fingerprint density at radius 2 is 2.31 bits per heavy atom. The zero-order valence-corrected chi connectivity index (χ0v) is 8.35. The summed E-state index contributed by atoms with van der Waals surface area (Å²) in [5.74, 6) is -0.313. The third-order valence-electron chi connectivity index (χ3n) is 1.18. The van der Waals surface area contributed by atoms with Crippen molar-refractivity contribution in [2.24, 2.45) is 0 Å². The molecule has 0 aromatic rings. The van der Waals surface area contributed by atoms with Crippen molar-refractivity contribution in [1.82, 2.24) is 5.32 Å². The molecule has 0 aliphatic heterocycles. The Labute approximate surface area is 79.7 Å². The van der Waals surface area contributed by atoms with Crippen LogP contribution >= 0.6 is 0 Å². The number of carbonyl (C=O) groups is 1. The van der Waals surface area contributed by atoms with Crippen molar-refractivity contribution in [3.63, 3.8) is 0 Å². The summed E-state index contributed by atoms with van der Waals surface area (Å²) in [6.07, 6.45) is -0.568. The molecule has 6 heteroatoms. The van der Waals surface area contributed by atoms with Crippen molar-refractivity contribution < 1.29 is 17.7 Å². The van der Waals surface area contributed by atoms with Crippen molar-refractivity contribution in [2.75, 3.05) is 6.54 Å². The molecule has 1 amide bonds. The van der Waals surface area contributed by atoms with E-state index in [0.717, 1.165) is 0 Å². The predicted octanol–water partition coefficient (Wildman–Crippen LogP) is -0.122. The molecular formula is C7H12NO4S-. The fourth-order valence-corrected chi connectivity index (χ4v) is 0.892. The summed E-state index contributed by atoms with van der Waals surface area (Å²) >= 11 is -2.54. The van der Waals surface area contributed by atoms with E-state index >= 15 is 0 Å². The van der Waals surface area contributed by atoms with Gasteiger partial charge in [-0.1, -0.05) is 6.58 Å². The van der Waals surface area contributed by atoms with Crippen LogP contribution in [0.4, 0.5) is 0 Å². The molecule has 2 atom stereocenters. The molecule has 13 heavy (non-hydrogen) atoms. The van der Waals surface area contributed by atoms with Gasteiger partial charge in [-0.05, 0) is 13.8 Å². The molecule has 0 saturated carbocycles. The van der Waals surface area contributed by atoms with E-state index in [1.807, 2.05) is 0 Å². The molecule has 0 aromatic heterocycles. The molecule has 0 aliphatic rings. The van der Waals surface area contributed by atoms with E-state index in [4.69, 9.17) is 0 Å². The van der Waals surface area contributed by atoms with E-state index in [1.54, 1.807) is 6.92 Å². The largest absolute Gasteiger partial charge is 0.750 e.